The summed E-state index contributed by atoms with van der Waals surface area (Å²) in [7, 11) is 1.96. The number of ether oxygens (including phenoxy) is 2. The summed E-state index contributed by atoms with van der Waals surface area (Å²) in [5, 5.41) is 0.0714. The number of hydrogen-bond donors (Lipinski definition) is 0. The van der Waals surface area contributed by atoms with Crippen molar-refractivity contribution >= 4 is 42.2 Å². The van der Waals surface area contributed by atoms with E-state index in [2.05, 4.69) is 0 Å². The third-order valence-corrected chi connectivity index (χ3v) is 5.85. The summed E-state index contributed by atoms with van der Waals surface area (Å²) in [6.07, 6.45) is 0.156. The van der Waals surface area contributed by atoms with Gasteiger partial charge in [0.05, 0.1) is 24.9 Å². The molecule has 0 aromatic carbocycles. The Balaban J connectivity index is 4.50. The van der Waals surface area contributed by atoms with Crippen LogP contribution in [-0.4, -0.2) is 43.7 Å². The minimum Gasteiger partial charge on any atom is -0.486 e. The predicted octanol–water partition coefficient (Wildman–Crippen LogP) is 2.93. The van der Waals surface area contributed by atoms with Gasteiger partial charge in [0.15, 0.2) is 5.05 Å². The first-order valence-corrected chi connectivity index (χ1v) is 8.53. The highest BCUT2D eigenvalue weighted by molar-refractivity contribution is 8.53. The number of esters is 1. The molecule has 5 nitrogen and oxygen atoms in total. The van der Waals surface area contributed by atoms with Gasteiger partial charge in [-0.2, -0.15) is 0 Å². The van der Waals surface area contributed by atoms with Gasteiger partial charge in [-0.05, 0) is 26.1 Å². The minimum absolute atomic E-state index is 0.156. The van der Waals surface area contributed by atoms with Crippen molar-refractivity contribution in [3.8, 4) is 0 Å². The van der Waals surface area contributed by atoms with Crippen molar-refractivity contribution in [3.05, 3.63) is 0 Å². The Morgan fingerprint density at radius 1 is 1.22 bits per heavy atom. The van der Waals surface area contributed by atoms with Gasteiger partial charge < -0.3 is 18.5 Å². The van der Waals surface area contributed by atoms with Crippen LogP contribution < -0.4 is 0 Å². The standard InChI is InChI=1S/C10H19O5PS2/c1-5-14-9(11)7-8(10(17)15-6-2)18-16(12-3)13-4/h8H,5-7H2,1-4H3. The lowest BCUT2D eigenvalue weighted by Gasteiger charge is -2.20. The van der Waals surface area contributed by atoms with Crippen molar-refractivity contribution < 1.29 is 23.3 Å². The highest BCUT2D eigenvalue weighted by atomic mass is 32.7. The predicted molar refractivity (Wildman–Crippen MR) is 77.8 cm³/mol. The molecule has 1 atom stereocenters. The first kappa shape index (κ1) is 18.1. The molecular weight excluding hydrogens is 295 g/mol. The molecular formula is C10H19O5PS2. The molecule has 0 N–H and O–H groups in total. The van der Waals surface area contributed by atoms with Crippen LogP contribution in [0.15, 0.2) is 0 Å². The van der Waals surface area contributed by atoms with E-state index in [0.29, 0.717) is 18.3 Å². The van der Waals surface area contributed by atoms with Crippen LogP contribution in [0.2, 0.25) is 0 Å². The molecule has 0 aliphatic carbocycles. The lowest BCUT2D eigenvalue weighted by molar-refractivity contribution is -0.142. The summed E-state index contributed by atoms with van der Waals surface area (Å²) in [6, 6.07) is 0. The second kappa shape index (κ2) is 10.9. The lowest BCUT2D eigenvalue weighted by Crippen LogP contribution is -2.23. The van der Waals surface area contributed by atoms with Gasteiger partial charge >= 0.3 is 5.97 Å². The molecule has 0 saturated heterocycles. The molecule has 0 saturated carbocycles. The number of thiocarbonyl (C=S) groups is 1. The average Bonchev–Trinajstić information content (AvgIpc) is 2.35. The smallest absolute Gasteiger partial charge is 0.307 e. The highest BCUT2D eigenvalue weighted by Gasteiger charge is 2.26. The molecule has 0 amide bonds. The number of rotatable bonds is 9. The van der Waals surface area contributed by atoms with E-state index in [1.54, 1.807) is 21.1 Å². The Bertz CT molecular complexity index is 261. The molecule has 0 bridgehead atoms. The van der Waals surface area contributed by atoms with Crippen LogP contribution in [0, 0.1) is 0 Å². The van der Waals surface area contributed by atoms with Crippen LogP contribution in [0.5, 0.6) is 0 Å². The molecule has 0 rings (SSSR count). The van der Waals surface area contributed by atoms with E-state index in [1.165, 1.54) is 11.4 Å². The third-order valence-electron chi connectivity index (χ3n) is 1.72. The van der Waals surface area contributed by atoms with Gasteiger partial charge in [0.1, 0.15) is 0 Å². The molecule has 8 heteroatoms. The van der Waals surface area contributed by atoms with E-state index in [9.17, 15) is 4.79 Å². The van der Waals surface area contributed by atoms with Crippen molar-refractivity contribution in [1.29, 1.82) is 0 Å². The zero-order valence-corrected chi connectivity index (χ0v) is 13.5. The molecule has 0 aromatic rings. The molecule has 106 valence electrons. The average molecular weight is 314 g/mol. The molecule has 0 aromatic heterocycles. The van der Waals surface area contributed by atoms with E-state index >= 15 is 0 Å². The molecule has 0 aliphatic heterocycles. The van der Waals surface area contributed by atoms with Gasteiger partial charge in [0.2, 0.25) is 7.58 Å². The van der Waals surface area contributed by atoms with E-state index in [0.717, 1.165) is 0 Å². The second-order valence-electron chi connectivity index (χ2n) is 2.94. The minimum atomic E-state index is -1.14. The fourth-order valence-corrected chi connectivity index (χ4v) is 4.14. The number of carbonyl (C=O) groups excluding carboxylic acids is 1. The third kappa shape index (κ3) is 7.48. The Labute approximate surface area is 119 Å². The van der Waals surface area contributed by atoms with Crippen LogP contribution in [0.3, 0.4) is 0 Å². The number of hydrogen-bond acceptors (Lipinski definition) is 7. The monoisotopic (exact) mass is 314 g/mol. The summed E-state index contributed by atoms with van der Waals surface area (Å²) in [5.74, 6) is -0.306. The van der Waals surface area contributed by atoms with Crippen LogP contribution in [0.1, 0.15) is 20.3 Å². The molecule has 18 heavy (non-hydrogen) atoms. The fraction of sp³-hybridized carbons (Fsp3) is 0.800. The number of carbonyl (C=O) groups is 1. The van der Waals surface area contributed by atoms with Crippen molar-refractivity contribution in [2.45, 2.75) is 25.5 Å². The van der Waals surface area contributed by atoms with Gasteiger partial charge in [0.25, 0.3) is 0 Å². The maximum atomic E-state index is 11.5. The summed E-state index contributed by atoms with van der Waals surface area (Å²) in [6.45, 7) is 4.42. The molecule has 0 spiro atoms. The first-order valence-electron chi connectivity index (χ1n) is 5.46. The molecule has 0 radical (unpaired) electrons. The van der Waals surface area contributed by atoms with Crippen molar-refractivity contribution in [2.75, 3.05) is 27.4 Å². The van der Waals surface area contributed by atoms with Crippen LogP contribution in [0.25, 0.3) is 0 Å². The van der Waals surface area contributed by atoms with Crippen LogP contribution in [-0.2, 0) is 23.3 Å². The normalized spacial score (nSPS) is 12.3. The maximum absolute atomic E-state index is 11.5. The van der Waals surface area contributed by atoms with Gasteiger partial charge in [-0.1, -0.05) is 11.4 Å². The van der Waals surface area contributed by atoms with E-state index in [1.807, 2.05) is 6.92 Å². The molecule has 0 heterocycles. The van der Waals surface area contributed by atoms with Crippen molar-refractivity contribution in [2.24, 2.45) is 0 Å². The van der Waals surface area contributed by atoms with E-state index in [4.69, 9.17) is 30.7 Å². The second-order valence-corrected chi connectivity index (χ2v) is 6.83. The van der Waals surface area contributed by atoms with Crippen LogP contribution in [0.4, 0.5) is 0 Å². The maximum Gasteiger partial charge on any atom is 0.307 e. The zero-order valence-electron chi connectivity index (χ0n) is 11.0. The molecule has 0 fully saturated rings. The van der Waals surface area contributed by atoms with Gasteiger partial charge in [0, 0.05) is 14.2 Å². The van der Waals surface area contributed by atoms with Gasteiger partial charge in [-0.3, -0.25) is 4.79 Å². The summed E-state index contributed by atoms with van der Waals surface area (Å²) in [4.78, 5) is 11.5. The molecule has 1 unspecified atom stereocenters. The van der Waals surface area contributed by atoms with Gasteiger partial charge in [-0.25, -0.2) is 0 Å². The Morgan fingerprint density at radius 3 is 2.22 bits per heavy atom. The first-order chi connectivity index (χ1) is 8.58. The Kier molecular flexibility index (Phi) is 11.0. The Hall–Kier alpha value is 0.0600. The quantitative estimate of drug-likeness (QED) is 0.368. The van der Waals surface area contributed by atoms with E-state index < -0.39 is 7.58 Å². The largest absolute Gasteiger partial charge is 0.486 e. The fourth-order valence-electron chi connectivity index (χ4n) is 1.03. The lowest BCUT2D eigenvalue weighted by atomic mass is 10.3. The highest BCUT2D eigenvalue weighted by Crippen LogP contribution is 2.53. The SMILES string of the molecule is CCOC(=O)CC(SP(OC)OC)C(=S)OCC. The summed E-state index contributed by atoms with van der Waals surface area (Å²) < 4.78 is 20.5. The van der Waals surface area contributed by atoms with Crippen molar-refractivity contribution in [1.82, 2.24) is 0 Å². The Morgan fingerprint density at radius 2 is 1.78 bits per heavy atom. The topological polar surface area (TPSA) is 54.0 Å². The van der Waals surface area contributed by atoms with E-state index in [-0.39, 0.29) is 17.6 Å². The summed E-state index contributed by atoms with van der Waals surface area (Å²) >= 11 is 6.49. The van der Waals surface area contributed by atoms with Gasteiger partial charge in [-0.15, -0.1) is 0 Å². The van der Waals surface area contributed by atoms with Crippen molar-refractivity contribution in [3.63, 3.8) is 0 Å². The summed E-state index contributed by atoms with van der Waals surface area (Å²) in [5.41, 5.74) is 0. The zero-order chi connectivity index (χ0) is 14.0. The van der Waals surface area contributed by atoms with Crippen LogP contribution >= 0.6 is 31.2 Å². The molecule has 0 aliphatic rings.